The number of hydrogen-bond acceptors (Lipinski definition) is 7. The van der Waals surface area contributed by atoms with Gasteiger partial charge in [0.25, 0.3) is 0 Å². The number of nitrogens with zero attached hydrogens (tertiary/aromatic N) is 2. The Balaban J connectivity index is 1.74. The number of rotatable bonds is 8. The maximum Gasteiger partial charge on any atom is 0.312 e. The third kappa shape index (κ3) is 5.10. The van der Waals surface area contributed by atoms with Crippen LogP contribution in [0.5, 0.6) is 5.75 Å². The van der Waals surface area contributed by atoms with E-state index in [4.69, 9.17) is 27.6 Å². The number of nitrogen functional groups attached to an aromatic ring is 1. The number of H-pyrrole nitrogens is 1. The van der Waals surface area contributed by atoms with Crippen molar-refractivity contribution in [1.29, 1.82) is 5.41 Å². The van der Waals surface area contributed by atoms with Gasteiger partial charge in [0.2, 0.25) is 11.8 Å². The number of phenolic OH excluding ortho intramolecular Hbond substituents is 1. The Bertz CT molecular complexity index is 1760. The number of nitrogens with one attached hydrogen (secondary N) is 3. The molecule has 230 valence electrons. The fourth-order valence-corrected chi connectivity index (χ4v) is 6.14. The smallest absolute Gasteiger partial charge is 0.312 e. The summed E-state index contributed by atoms with van der Waals surface area (Å²) < 4.78 is 0. The summed E-state index contributed by atoms with van der Waals surface area (Å²) in [6.07, 6.45) is 2.76. The van der Waals surface area contributed by atoms with Crippen LogP contribution in [0, 0.1) is 10.8 Å². The number of nitrogens with two attached hydrogens (primary N) is 3. The molecule has 44 heavy (non-hydrogen) atoms. The lowest BCUT2D eigenvalue weighted by atomic mass is 9.66. The first-order valence-corrected chi connectivity index (χ1v) is 14.2. The van der Waals surface area contributed by atoms with Gasteiger partial charge < -0.3 is 42.6 Å². The lowest BCUT2D eigenvalue weighted by Crippen LogP contribution is -2.51. The monoisotopic (exact) mass is 600 g/mol. The number of aliphatic hydroxyl groups excluding tert-OH is 1. The Hall–Kier alpha value is -5.33. The summed E-state index contributed by atoms with van der Waals surface area (Å²) in [7, 11) is 0. The molecule has 2 aromatic carbocycles. The summed E-state index contributed by atoms with van der Waals surface area (Å²) in [5.41, 5.74) is 16.7. The quantitative estimate of drug-likeness (QED) is 0.142. The van der Waals surface area contributed by atoms with Gasteiger partial charge in [-0.3, -0.25) is 15.0 Å². The summed E-state index contributed by atoms with van der Waals surface area (Å²) >= 11 is 0. The van der Waals surface area contributed by atoms with E-state index in [1.807, 2.05) is 0 Å². The van der Waals surface area contributed by atoms with Gasteiger partial charge in [-0.2, -0.15) is 0 Å². The molecule has 1 aliphatic heterocycles. The van der Waals surface area contributed by atoms with E-state index in [0.717, 1.165) is 0 Å². The van der Waals surface area contributed by atoms with Crippen LogP contribution in [0.4, 0.5) is 4.79 Å². The molecule has 1 aliphatic carbocycles. The topological polar surface area (TPSA) is 238 Å². The average molecular weight is 601 g/mol. The molecule has 13 heteroatoms. The summed E-state index contributed by atoms with van der Waals surface area (Å²) in [4.78, 5) is 47.9. The number of imidazole rings is 1. The van der Waals surface area contributed by atoms with Gasteiger partial charge >= 0.3 is 6.03 Å². The van der Waals surface area contributed by atoms with E-state index in [2.05, 4.69) is 10.3 Å². The van der Waals surface area contributed by atoms with Crippen LogP contribution in [0.2, 0.25) is 0 Å². The number of allylic oxidation sites excluding steroid dienone is 2. The van der Waals surface area contributed by atoms with Crippen molar-refractivity contribution in [1.82, 2.24) is 20.2 Å². The number of para-hydroxylation sites is 1. The molecule has 2 atom stereocenters. The molecule has 0 spiro atoms. The van der Waals surface area contributed by atoms with Crippen LogP contribution in [0.15, 0.2) is 59.9 Å². The van der Waals surface area contributed by atoms with Gasteiger partial charge in [-0.15, -0.1) is 0 Å². The first-order chi connectivity index (χ1) is 20.8. The number of primary amides is 2. The van der Waals surface area contributed by atoms with E-state index < -0.39 is 28.8 Å². The zero-order valence-electron chi connectivity index (χ0n) is 24.5. The van der Waals surface area contributed by atoms with Gasteiger partial charge in [0.15, 0.2) is 0 Å². The molecule has 2 unspecified atom stereocenters. The first-order valence-electron chi connectivity index (χ1n) is 14.2. The fourth-order valence-electron chi connectivity index (χ4n) is 6.14. The Kier molecular flexibility index (Phi) is 7.58. The number of amides is 4. The van der Waals surface area contributed by atoms with Crippen molar-refractivity contribution in [2.24, 2.45) is 22.6 Å². The van der Waals surface area contributed by atoms with Crippen LogP contribution < -0.4 is 22.5 Å². The van der Waals surface area contributed by atoms with Crippen LogP contribution in [-0.2, 0) is 15.0 Å². The second kappa shape index (κ2) is 11.1. The van der Waals surface area contributed by atoms with Gasteiger partial charge in [0.1, 0.15) is 34.6 Å². The van der Waals surface area contributed by atoms with Gasteiger partial charge in [-0.1, -0.05) is 29.8 Å². The normalized spacial score (nSPS) is 20.5. The number of aromatic amines is 1. The predicted molar refractivity (Wildman–Crippen MR) is 164 cm³/mol. The molecule has 3 aromatic rings. The number of aromatic hydroxyl groups is 1. The highest BCUT2D eigenvalue weighted by Gasteiger charge is 2.50. The van der Waals surface area contributed by atoms with E-state index in [9.17, 15) is 24.6 Å². The second-order valence-electron chi connectivity index (χ2n) is 11.8. The van der Waals surface area contributed by atoms with E-state index in [-0.39, 0.29) is 47.6 Å². The number of carbonyl (C=O) groups is 3. The number of amidine groups is 1. The highest BCUT2D eigenvalue weighted by Crippen LogP contribution is 2.50. The standard InChI is InChI=1S/C31H36N8O5/c1-30(2,28(43)39-11-5-7-22(39)26(34)42)17-13-19(18-6-3-4-8-23(18)40)24(41)31(14-17,15-36-29(35)44)27-37-20-10-9-16(25(32)33)12-21(20)38-27/h3-4,6,8-10,12-13,22,40-41H,5,7,11,14-15H2,1-2H3,(H3,32,33)(H2,34,42)(H,37,38)(H3,35,36,44). The summed E-state index contributed by atoms with van der Waals surface area (Å²) in [5, 5.41) is 33.4. The number of carbonyl (C=O) groups excluding carboxylic acids is 3. The van der Waals surface area contributed by atoms with Crippen LogP contribution in [-0.4, -0.2) is 67.9 Å². The predicted octanol–water partition coefficient (Wildman–Crippen LogP) is 2.26. The number of aliphatic hydroxyl groups is 1. The Labute approximate surface area is 253 Å². The largest absolute Gasteiger partial charge is 0.511 e. The zero-order valence-corrected chi connectivity index (χ0v) is 24.5. The minimum atomic E-state index is -1.49. The van der Waals surface area contributed by atoms with E-state index in [0.29, 0.717) is 47.1 Å². The fraction of sp³-hybridized carbons (Fsp3) is 0.323. The third-order valence-corrected chi connectivity index (χ3v) is 8.70. The maximum atomic E-state index is 14.1. The molecule has 5 rings (SSSR count). The minimum Gasteiger partial charge on any atom is -0.511 e. The molecule has 2 aliphatic rings. The molecule has 0 radical (unpaired) electrons. The number of urea groups is 1. The highest BCUT2D eigenvalue weighted by atomic mass is 16.3. The molecule has 13 nitrogen and oxygen atoms in total. The van der Waals surface area contributed by atoms with Crippen LogP contribution in [0.1, 0.15) is 50.1 Å². The van der Waals surface area contributed by atoms with Crippen molar-refractivity contribution in [3.63, 3.8) is 0 Å². The Morgan fingerprint density at radius 2 is 1.89 bits per heavy atom. The second-order valence-corrected chi connectivity index (χ2v) is 11.8. The lowest BCUT2D eigenvalue weighted by Gasteiger charge is -2.42. The lowest BCUT2D eigenvalue weighted by molar-refractivity contribution is -0.143. The van der Waals surface area contributed by atoms with Gasteiger partial charge in [-0.25, -0.2) is 9.78 Å². The summed E-state index contributed by atoms with van der Waals surface area (Å²) in [6.45, 7) is 3.60. The van der Waals surface area contributed by atoms with Crippen LogP contribution >= 0.6 is 0 Å². The molecule has 0 saturated carbocycles. The number of hydrogen-bond donors (Lipinski definition) is 8. The number of benzene rings is 2. The zero-order chi connectivity index (χ0) is 32.0. The van der Waals surface area contributed by atoms with Crippen molar-refractivity contribution in [2.75, 3.05) is 13.1 Å². The van der Waals surface area contributed by atoms with Gasteiger partial charge in [0, 0.05) is 29.8 Å². The molecule has 4 amide bonds. The highest BCUT2D eigenvalue weighted by molar-refractivity contribution is 5.98. The average Bonchev–Trinajstić information content (AvgIpc) is 3.64. The van der Waals surface area contributed by atoms with Crippen LogP contribution in [0.3, 0.4) is 0 Å². The van der Waals surface area contributed by atoms with Crippen LogP contribution in [0.25, 0.3) is 16.6 Å². The summed E-state index contributed by atoms with van der Waals surface area (Å²) in [6, 6.07) is 9.84. The molecule has 1 fully saturated rings. The third-order valence-electron chi connectivity index (χ3n) is 8.70. The van der Waals surface area contributed by atoms with E-state index in [1.165, 1.54) is 11.0 Å². The molecular formula is C31H36N8O5. The number of phenols is 1. The van der Waals surface area contributed by atoms with Gasteiger partial charge in [-0.05, 0) is 57.4 Å². The summed E-state index contributed by atoms with van der Waals surface area (Å²) in [5.74, 6) is -1.13. The SMILES string of the molecule is CC(C)(C(=O)N1CCCC1C(N)=O)C1=CC(c2ccccc2O)=C(O)C(CNC(N)=O)(c2nc3ccc(C(=N)N)cc3[nH]2)C1. The Morgan fingerprint density at radius 1 is 1.16 bits per heavy atom. The van der Waals surface area contributed by atoms with Crippen molar-refractivity contribution < 1.29 is 24.6 Å². The first kappa shape index (κ1) is 30.1. The molecule has 1 saturated heterocycles. The number of fused-ring (bicyclic) bond motifs is 1. The van der Waals surface area contributed by atoms with Gasteiger partial charge in [0.05, 0.1) is 16.4 Å². The van der Waals surface area contributed by atoms with Crippen molar-refractivity contribution in [3.8, 4) is 5.75 Å². The number of likely N-dealkylation sites (tertiary alicyclic amines) is 1. The van der Waals surface area contributed by atoms with Crippen molar-refractivity contribution in [2.45, 2.75) is 44.6 Å². The molecule has 11 N–H and O–H groups in total. The van der Waals surface area contributed by atoms with Crippen molar-refractivity contribution >= 4 is 40.3 Å². The van der Waals surface area contributed by atoms with E-state index in [1.54, 1.807) is 56.3 Å². The number of aromatic nitrogens is 2. The molecular weight excluding hydrogens is 564 g/mol. The van der Waals surface area contributed by atoms with Crippen molar-refractivity contribution in [3.05, 3.63) is 76.8 Å². The minimum absolute atomic E-state index is 0.00339. The maximum absolute atomic E-state index is 14.1. The Morgan fingerprint density at radius 3 is 2.55 bits per heavy atom. The molecule has 2 heterocycles. The van der Waals surface area contributed by atoms with E-state index >= 15 is 0 Å². The molecule has 0 bridgehead atoms. The molecule has 1 aromatic heterocycles.